The van der Waals surface area contributed by atoms with E-state index >= 15 is 0 Å². The van der Waals surface area contributed by atoms with Crippen LogP contribution in [0.2, 0.25) is 5.02 Å². The average Bonchev–Trinajstić information content (AvgIpc) is 2.50. The molecule has 0 saturated heterocycles. The monoisotopic (exact) mass is 370 g/mol. The summed E-state index contributed by atoms with van der Waals surface area (Å²) in [5, 5.41) is 2.65. The summed E-state index contributed by atoms with van der Waals surface area (Å²) >= 11 is 5.95. The molecule has 2 rings (SSSR count). The second-order valence-electron chi connectivity index (χ2n) is 5.35. The lowest BCUT2D eigenvalue weighted by Gasteiger charge is -2.14. The Balaban J connectivity index is 2.37. The molecule has 1 amide bonds. The van der Waals surface area contributed by atoms with Crippen molar-refractivity contribution in [3.05, 3.63) is 58.4 Å². The van der Waals surface area contributed by atoms with Gasteiger partial charge in [0.2, 0.25) is 10.0 Å². The van der Waals surface area contributed by atoms with Crippen LogP contribution in [0.4, 0.5) is 10.1 Å². The molecule has 0 aliphatic rings. The molecule has 0 spiro atoms. The number of sulfonamides is 1. The molecule has 0 heterocycles. The minimum atomic E-state index is -3.78. The van der Waals surface area contributed by atoms with Crippen molar-refractivity contribution in [2.24, 2.45) is 0 Å². The Hall–Kier alpha value is -1.96. The zero-order chi connectivity index (χ0) is 18.1. The van der Waals surface area contributed by atoms with Gasteiger partial charge >= 0.3 is 0 Å². The number of nitrogens with zero attached hydrogens (tertiary/aromatic N) is 1. The number of anilines is 1. The highest BCUT2D eigenvalue weighted by atomic mass is 35.5. The Morgan fingerprint density at radius 3 is 2.42 bits per heavy atom. The third-order valence-corrected chi connectivity index (χ3v) is 5.69. The second-order valence-corrected chi connectivity index (χ2v) is 7.87. The normalized spacial score (nSPS) is 11.6. The number of halogens is 2. The summed E-state index contributed by atoms with van der Waals surface area (Å²) in [7, 11) is -1.03. The molecule has 0 unspecified atom stereocenters. The summed E-state index contributed by atoms with van der Waals surface area (Å²) in [4.78, 5) is 12.2. The van der Waals surface area contributed by atoms with Crippen molar-refractivity contribution in [2.75, 3.05) is 19.4 Å². The number of carbonyl (C=O) groups is 1. The van der Waals surface area contributed by atoms with E-state index in [-0.39, 0.29) is 15.5 Å². The van der Waals surface area contributed by atoms with Crippen LogP contribution in [0.15, 0.2) is 41.3 Å². The smallest absolute Gasteiger partial charge is 0.255 e. The van der Waals surface area contributed by atoms with Gasteiger partial charge in [0.15, 0.2) is 0 Å². The Labute approximate surface area is 145 Å². The van der Waals surface area contributed by atoms with Crippen molar-refractivity contribution in [1.29, 1.82) is 0 Å². The van der Waals surface area contributed by atoms with Gasteiger partial charge in [0.25, 0.3) is 5.91 Å². The second kappa shape index (κ2) is 6.88. The lowest BCUT2D eigenvalue weighted by atomic mass is 10.1. The first-order valence-corrected chi connectivity index (χ1v) is 8.74. The van der Waals surface area contributed by atoms with Gasteiger partial charge in [0.05, 0.1) is 5.02 Å². The van der Waals surface area contributed by atoms with Gasteiger partial charge in [-0.05, 0) is 48.9 Å². The minimum Gasteiger partial charge on any atom is -0.322 e. The highest BCUT2D eigenvalue weighted by Gasteiger charge is 2.22. The molecule has 24 heavy (non-hydrogen) atoms. The minimum absolute atomic E-state index is 0.0261. The zero-order valence-corrected chi connectivity index (χ0v) is 14.9. The van der Waals surface area contributed by atoms with Crippen molar-refractivity contribution in [3.63, 3.8) is 0 Å². The number of hydrogen-bond acceptors (Lipinski definition) is 3. The van der Waals surface area contributed by atoms with Gasteiger partial charge in [-0.1, -0.05) is 11.6 Å². The molecule has 0 aromatic heterocycles. The van der Waals surface area contributed by atoms with Crippen LogP contribution in [0.1, 0.15) is 15.9 Å². The van der Waals surface area contributed by atoms with Gasteiger partial charge in [0.1, 0.15) is 10.7 Å². The SMILES string of the molecule is Cc1cc(F)ccc1NC(=O)c1ccc(Cl)c(S(=O)(=O)N(C)C)c1. The lowest BCUT2D eigenvalue weighted by Crippen LogP contribution is -2.23. The van der Waals surface area contributed by atoms with Crippen molar-refractivity contribution >= 4 is 33.2 Å². The fraction of sp³-hybridized carbons (Fsp3) is 0.188. The van der Waals surface area contributed by atoms with E-state index in [0.717, 1.165) is 4.31 Å². The third-order valence-electron chi connectivity index (χ3n) is 3.39. The largest absolute Gasteiger partial charge is 0.322 e. The highest BCUT2D eigenvalue weighted by Crippen LogP contribution is 2.25. The maximum Gasteiger partial charge on any atom is 0.255 e. The van der Waals surface area contributed by atoms with Crippen LogP contribution in [0.3, 0.4) is 0 Å². The first-order valence-electron chi connectivity index (χ1n) is 6.92. The molecular weight excluding hydrogens is 355 g/mol. The third kappa shape index (κ3) is 3.75. The zero-order valence-electron chi connectivity index (χ0n) is 13.3. The van der Waals surface area contributed by atoms with E-state index in [1.165, 1.54) is 50.5 Å². The lowest BCUT2D eigenvalue weighted by molar-refractivity contribution is 0.102. The molecule has 5 nitrogen and oxygen atoms in total. The fourth-order valence-corrected chi connectivity index (χ4v) is 3.39. The Morgan fingerprint density at radius 2 is 1.83 bits per heavy atom. The summed E-state index contributed by atoms with van der Waals surface area (Å²) < 4.78 is 38.6. The van der Waals surface area contributed by atoms with E-state index in [1.807, 2.05) is 0 Å². The number of nitrogens with one attached hydrogen (secondary N) is 1. The van der Waals surface area contributed by atoms with Gasteiger partial charge in [-0.15, -0.1) is 0 Å². The summed E-state index contributed by atoms with van der Waals surface area (Å²) in [5.74, 6) is -0.923. The molecule has 0 radical (unpaired) electrons. The molecule has 1 N–H and O–H groups in total. The molecule has 0 aliphatic carbocycles. The standard InChI is InChI=1S/C16H16ClFN2O3S/c1-10-8-12(18)5-7-14(10)19-16(21)11-4-6-13(17)15(9-11)24(22,23)20(2)3/h4-9H,1-3H3,(H,19,21). The first kappa shape index (κ1) is 18.4. The average molecular weight is 371 g/mol. The number of rotatable bonds is 4. The quantitative estimate of drug-likeness (QED) is 0.898. The van der Waals surface area contributed by atoms with Crippen LogP contribution in [-0.4, -0.2) is 32.7 Å². The predicted molar refractivity (Wildman–Crippen MR) is 91.4 cm³/mol. The number of aryl methyl sites for hydroxylation is 1. The Bertz CT molecular complexity index is 898. The van der Waals surface area contributed by atoms with E-state index < -0.39 is 21.7 Å². The van der Waals surface area contributed by atoms with E-state index in [9.17, 15) is 17.6 Å². The van der Waals surface area contributed by atoms with Gasteiger partial charge in [-0.2, -0.15) is 0 Å². The molecule has 2 aromatic rings. The molecule has 0 bridgehead atoms. The van der Waals surface area contributed by atoms with Gasteiger partial charge < -0.3 is 5.32 Å². The predicted octanol–water partition coefficient (Wildman–Crippen LogP) is 3.29. The molecule has 2 aromatic carbocycles. The molecule has 8 heteroatoms. The summed E-state index contributed by atoms with van der Waals surface area (Å²) in [5.41, 5.74) is 1.12. The topological polar surface area (TPSA) is 66.5 Å². The summed E-state index contributed by atoms with van der Waals surface area (Å²) in [6.45, 7) is 1.66. The van der Waals surface area contributed by atoms with Crippen LogP contribution < -0.4 is 5.32 Å². The van der Waals surface area contributed by atoms with E-state index in [1.54, 1.807) is 6.92 Å². The molecule has 0 saturated carbocycles. The van der Waals surface area contributed by atoms with Crippen molar-refractivity contribution < 1.29 is 17.6 Å². The van der Waals surface area contributed by atoms with Crippen LogP contribution in [0.25, 0.3) is 0 Å². The molecule has 0 atom stereocenters. The molecular formula is C16H16ClFN2O3S. The van der Waals surface area contributed by atoms with Crippen molar-refractivity contribution in [2.45, 2.75) is 11.8 Å². The van der Waals surface area contributed by atoms with Crippen molar-refractivity contribution in [3.8, 4) is 0 Å². The van der Waals surface area contributed by atoms with Crippen molar-refractivity contribution in [1.82, 2.24) is 4.31 Å². The van der Waals surface area contributed by atoms with Crippen LogP contribution in [-0.2, 0) is 10.0 Å². The van der Waals surface area contributed by atoms with Crippen LogP contribution in [0, 0.1) is 12.7 Å². The van der Waals surface area contributed by atoms with Crippen LogP contribution in [0.5, 0.6) is 0 Å². The number of carbonyl (C=O) groups excluding carboxylic acids is 1. The van der Waals surface area contributed by atoms with Crippen LogP contribution >= 0.6 is 11.6 Å². The molecule has 128 valence electrons. The summed E-state index contributed by atoms with van der Waals surface area (Å²) in [6, 6.07) is 7.95. The summed E-state index contributed by atoms with van der Waals surface area (Å²) in [6.07, 6.45) is 0. The fourth-order valence-electron chi connectivity index (χ4n) is 2.00. The Morgan fingerprint density at radius 1 is 1.17 bits per heavy atom. The van der Waals surface area contributed by atoms with Gasteiger partial charge in [-0.25, -0.2) is 17.1 Å². The molecule has 0 fully saturated rings. The van der Waals surface area contributed by atoms with E-state index in [0.29, 0.717) is 11.3 Å². The van der Waals surface area contributed by atoms with E-state index in [4.69, 9.17) is 11.6 Å². The van der Waals surface area contributed by atoms with Gasteiger partial charge in [-0.3, -0.25) is 4.79 Å². The highest BCUT2D eigenvalue weighted by molar-refractivity contribution is 7.89. The first-order chi connectivity index (χ1) is 11.1. The van der Waals surface area contributed by atoms with E-state index in [2.05, 4.69) is 5.32 Å². The molecule has 0 aliphatic heterocycles. The maximum atomic E-state index is 13.1. The number of benzene rings is 2. The number of hydrogen-bond donors (Lipinski definition) is 1. The van der Waals surface area contributed by atoms with Gasteiger partial charge in [0, 0.05) is 25.3 Å². The maximum absolute atomic E-state index is 13.1. The number of amides is 1. The Kier molecular flexibility index (Phi) is 5.27.